The van der Waals surface area contributed by atoms with E-state index in [9.17, 15) is 0 Å². The monoisotopic (exact) mass is 316 g/mol. The number of fused-ring (bicyclic) bond motifs is 3. The number of nitrogens with zero attached hydrogens (tertiary/aromatic N) is 3. The molecule has 0 aliphatic carbocycles. The van der Waals surface area contributed by atoms with Gasteiger partial charge in [0.05, 0.1) is 18.8 Å². The van der Waals surface area contributed by atoms with Gasteiger partial charge in [-0.2, -0.15) is 0 Å². The zero-order chi connectivity index (χ0) is 16.4. The Hall–Kier alpha value is -3.21. The molecule has 3 heterocycles. The SMILES string of the molecule is COc1cccc(CNc2nc3cnccc3c3cnccc23)c1. The van der Waals surface area contributed by atoms with E-state index in [0.717, 1.165) is 38.8 Å². The molecule has 1 N–H and O–H groups in total. The smallest absolute Gasteiger partial charge is 0.135 e. The second-order valence-electron chi connectivity index (χ2n) is 5.48. The molecule has 0 atom stereocenters. The topological polar surface area (TPSA) is 59.9 Å². The Morgan fingerprint density at radius 1 is 0.958 bits per heavy atom. The van der Waals surface area contributed by atoms with Gasteiger partial charge in [0.1, 0.15) is 11.6 Å². The number of rotatable bonds is 4. The fourth-order valence-electron chi connectivity index (χ4n) is 2.80. The Balaban J connectivity index is 1.75. The van der Waals surface area contributed by atoms with Gasteiger partial charge < -0.3 is 10.1 Å². The number of ether oxygens (including phenoxy) is 1. The average Bonchev–Trinajstić information content (AvgIpc) is 2.66. The molecular formula is C19H16N4O. The largest absolute Gasteiger partial charge is 0.497 e. The van der Waals surface area contributed by atoms with Crippen molar-refractivity contribution in [2.24, 2.45) is 0 Å². The van der Waals surface area contributed by atoms with Crippen molar-refractivity contribution in [2.45, 2.75) is 6.54 Å². The summed E-state index contributed by atoms with van der Waals surface area (Å²) in [5, 5.41) is 6.60. The van der Waals surface area contributed by atoms with Gasteiger partial charge in [-0.3, -0.25) is 9.97 Å². The Bertz CT molecular complexity index is 1020. The normalized spacial score (nSPS) is 10.9. The number of hydrogen-bond acceptors (Lipinski definition) is 5. The third-order valence-electron chi connectivity index (χ3n) is 3.99. The molecule has 4 aromatic rings. The third-order valence-corrected chi connectivity index (χ3v) is 3.99. The van der Waals surface area contributed by atoms with Gasteiger partial charge in [0.2, 0.25) is 0 Å². The van der Waals surface area contributed by atoms with E-state index in [0.29, 0.717) is 6.54 Å². The second-order valence-corrected chi connectivity index (χ2v) is 5.48. The van der Waals surface area contributed by atoms with E-state index in [4.69, 9.17) is 9.72 Å². The summed E-state index contributed by atoms with van der Waals surface area (Å²) in [7, 11) is 1.67. The lowest BCUT2D eigenvalue weighted by Crippen LogP contribution is -2.03. The fraction of sp³-hybridized carbons (Fsp3) is 0.105. The highest BCUT2D eigenvalue weighted by atomic mass is 16.5. The molecule has 0 bridgehead atoms. The molecule has 3 aromatic heterocycles. The average molecular weight is 316 g/mol. The summed E-state index contributed by atoms with van der Waals surface area (Å²) < 4.78 is 5.27. The summed E-state index contributed by atoms with van der Waals surface area (Å²) in [5.74, 6) is 1.68. The van der Waals surface area contributed by atoms with Gasteiger partial charge in [-0.1, -0.05) is 12.1 Å². The first kappa shape index (κ1) is 14.4. The van der Waals surface area contributed by atoms with Crippen LogP contribution in [0.4, 0.5) is 5.82 Å². The van der Waals surface area contributed by atoms with E-state index in [1.54, 1.807) is 25.7 Å². The first-order chi connectivity index (χ1) is 11.8. The van der Waals surface area contributed by atoms with Crippen LogP contribution in [0.1, 0.15) is 5.56 Å². The number of aromatic nitrogens is 3. The first-order valence-corrected chi connectivity index (χ1v) is 7.69. The Kier molecular flexibility index (Phi) is 3.67. The summed E-state index contributed by atoms with van der Waals surface area (Å²) in [6.07, 6.45) is 7.21. The van der Waals surface area contributed by atoms with Crippen molar-refractivity contribution < 1.29 is 4.74 Å². The minimum absolute atomic E-state index is 0.660. The molecule has 5 heteroatoms. The second kappa shape index (κ2) is 6.12. The first-order valence-electron chi connectivity index (χ1n) is 7.69. The molecule has 118 valence electrons. The van der Waals surface area contributed by atoms with E-state index >= 15 is 0 Å². The van der Waals surface area contributed by atoms with Gasteiger partial charge in [-0.15, -0.1) is 0 Å². The number of hydrogen-bond donors (Lipinski definition) is 1. The third kappa shape index (κ3) is 2.60. The maximum Gasteiger partial charge on any atom is 0.135 e. The molecule has 0 saturated heterocycles. The Labute approximate surface area is 139 Å². The summed E-state index contributed by atoms with van der Waals surface area (Å²) in [4.78, 5) is 13.2. The molecule has 24 heavy (non-hydrogen) atoms. The van der Waals surface area contributed by atoms with E-state index in [1.807, 2.05) is 36.5 Å². The zero-order valence-electron chi connectivity index (χ0n) is 13.2. The highest BCUT2D eigenvalue weighted by molar-refractivity contribution is 6.09. The Morgan fingerprint density at radius 3 is 2.67 bits per heavy atom. The number of pyridine rings is 3. The molecule has 0 amide bonds. The van der Waals surface area contributed by atoms with Crippen LogP contribution >= 0.6 is 0 Å². The van der Waals surface area contributed by atoms with Crippen molar-refractivity contribution in [1.82, 2.24) is 15.0 Å². The maximum absolute atomic E-state index is 5.27. The van der Waals surface area contributed by atoms with Crippen molar-refractivity contribution in [3.05, 3.63) is 66.7 Å². The lowest BCUT2D eigenvalue weighted by Gasteiger charge is -2.11. The van der Waals surface area contributed by atoms with Crippen molar-refractivity contribution in [2.75, 3.05) is 12.4 Å². The molecule has 0 spiro atoms. The maximum atomic E-state index is 5.27. The van der Waals surface area contributed by atoms with E-state index < -0.39 is 0 Å². The predicted molar refractivity (Wildman–Crippen MR) is 95.2 cm³/mol. The van der Waals surface area contributed by atoms with Gasteiger partial charge in [0, 0.05) is 41.3 Å². The van der Waals surface area contributed by atoms with Crippen LogP contribution in [0, 0.1) is 0 Å². The highest BCUT2D eigenvalue weighted by Gasteiger charge is 2.08. The molecule has 0 unspecified atom stereocenters. The van der Waals surface area contributed by atoms with Crippen LogP contribution < -0.4 is 10.1 Å². The zero-order valence-corrected chi connectivity index (χ0v) is 13.2. The fourth-order valence-corrected chi connectivity index (χ4v) is 2.80. The lowest BCUT2D eigenvalue weighted by molar-refractivity contribution is 0.414. The summed E-state index contributed by atoms with van der Waals surface area (Å²) in [5.41, 5.74) is 1.98. The van der Waals surface area contributed by atoms with Crippen molar-refractivity contribution >= 4 is 27.5 Å². The van der Waals surface area contributed by atoms with E-state index in [2.05, 4.69) is 21.4 Å². The molecular weight excluding hydrogens is 300 g/mol. The number of methoxy groups -OCH3 is 1. The van der Waals surface area contributed by atoms with Gasteiger partial charge in [0.25, 0.3) is 0 Å². The summed E-state index contributed by atoms with van der Waals surface area (Å²) >= 11 is 0. The molecule has 4 rings (SSSR count). The van der Waals surface area contributed by atoms with Gasteiger partial charge in [-0.25, -0.2) is 4.98 Å². The predicted octanol–water partition coefficient (Wildman–Crippen LogP) is 3.80. The number of nitrogens with one attached hydrogen (secondary N) is 1. The Morgan fingerprint density at radius 2 is 1.79 bits per heavy atom. The molecule has 5 nitrogen and oxygen atoms in total. The van der Waals surface area contributed by atoms with Crippen molar-refractivity contribution in [1.29, 1.82) is 0 Å². The van der Waals surface area contributed by atoms with Crippen LogP contribution in [0.25, 0.3) is 21.7 Å². The van der Waals surface area contributed by atoms with Crippen LogP contribution in [0.2, 0.25) is 0 Å². The van der Waals surface area contributed by atoms with Crippen LogP contribution in [0.5, 0.6) is 5.75 Å². The lowest BCUT2D eigenvalue weighted by atomic mass is 10.1. The van der Waals surface area contributed by atoms with Crippen LogP contribution in [-0.2, 0) is 6.54 Å². The van der Waals surface area contributed by atoms with Crippen molar-refractivity contribution in [3.63, 3.8) is 0 Å². The minimum Gasteiger partial charge on any atom is -0.497 e. The quantitative estimate of drug-likeness (QED) is 0.580. The molecule has 0 saturated carbocycles. The van der Waals surface area contributed by atoms with Crippen LogP contribution in [0.3, 0.4) is 0 Å². The number of anilines is 1. The van der Waals surface area contributed by atoms with Gasteiger partial charge in [-0.05, 0) is 29.8 Å². The summed E-state index contributed by atoms with van der Waals surface area (Å²) in [6, 6.07) is 11.9. The molecule has 0 aliphatic heterocycles. The minimum atomic E-state index is 0.660. The number of benzene rings is 1. The van der Waals surface area contributed by atoms with Gasteiger partial charge >= 0.3 is 0 Å². The molecule has 1 aromatic carbocycles. The molecule has 0 radical (unpaired) electrons. The van der Waals surface area contributed by atoms with Gasteiger partial charge in [0.15, 0.2) is 0 Å². The van der Waals surface area contributed by atoms with E-state index in [-0.39, 0.29) is 0 Å². The van der Waals surface area contributed by atoms with Crippen molar-refractivity contribution in [3.8, 4) is 5.75 Å². The summed E-state index contributed by atoms with van der Waals surface area (Å²) in [6.45, 7) is 0.660. The van der Waals surface area contributed by atoms with E-state index in [1.165, 1.54) is 0 Å². The molecule has 0 fully saturated rings. The standard InChI is InChI=1S/C19H16N4O/c1-24-14-4-2-3-13(9-14)10-22-19-16-6-8-20-11-17(16)15-5-7-21-12-18(15)23-19/h2-9,11-12H,10H2,1H3,(H,22,23). The van der Waals surface area contributed by atoms with Crippen LogP contribution in [0.15, 0.2) is 61.2 Å². The highest BCUT2D eigenvalue weighted by Crippen LogP contribution is 2.28. The van der Waals surface area contributed by atoms with Crippen LogP contribution in [-0.4, -0.2) is 22.1 Å². The molecule has 0 aliphatic rings.